The highest BCUT2D eigenvalue weighted by Crippen LogP contribution is 2.28. The van der Waals surface area contributed by atoms with Crippen LogP contribution in [0.2, 0.25) is 0 Å². The topological polar surface area (TPSA) is 55.4 Å². The number of hydrogen-bond donors (Lipinski definition) is 1. The van der Waals surface area contributed by atoms with E-state index in [4.69, 9.17) is 0 Å². The van der Waals surface area contributed by atoms with Crippen LogP contribution in [0.1, 0.15) is 29.3 Å². The SMILES string of the molecule is CCC(=O)ONC(=O)c1ccc(C(F)(F)F)cc1. The molecule has 0 bridgehead atoms. The van der Waals surface area contributed by atoms with E-state index < -0.39 is 23.6 Å². The first-order valence-corrected chi connectivity index (χ1v) is 5.02. The predicted octanol–water partition coefficient (Wildman–Crippen LogP) is 2.30. The van der Waals surface area contributed by atoms with Crippen molar-refractivity contribution >= 4 is 11.9 Å². The van der Waals surface area contributed by atoms with Gasteiger partial charge in [0, 0.05) is 12.0 Å². The van der Waals surface area contributed by atoms with Crippen LogP contribution >= 0.6 is 0 Å². The van der Waals surface area contributed by atoms with Crippen molar-refractivity contribution in [2.24, 2.45) is 0 Å². The Bertz CT molecular complexity index is 440. The Labute approximate surface area is 101 Å². The average molecular weight is 261 g/mol. The normalized spacial score (nSPS) is 10.9. The molecule has 0 aliphatic rings. The second-order valence-corrected chi connectivity index (χ2v) is 3.33. The molecule has 18 heavy (non-hydrogen) atoms. The lowest BCUT2D eigenvalue weighted by Crippen LogP contribution is -2.26. The van der Waals surface area contributed by atoms with E-state index in [1.54, 1.807) is 0 Å². The number of benzene rings is 1. The molecular formula is C11H10F3NO3. The number of halogens is 3. The van der Waals surface area contributed by atoms with E-state index in [1.165, 1.54) is 6.92 Å². The Hall–Kier alpha value is -2.05. The van der Waals surface area contributed by atoms with Crippen molar-refractivity contribution in [3.8, 4) is 0 Å². The molecule has 1 N–H and O–H groups in total. The van der Waals surface area contributed by atoms with Crippen molar-refractivity contribution in [3.63, 3.8) is 0 Å². The lowest BCUT2D eigenvalue weighted by molar-refractivity contribution is -0.148. The molecule has 0 heterocycles. The number of nitrogens with one attached hydrogen (secondary N) is 1. The number of hydroxylamine groups is 1. The summed E-state index contributed by atoms with van der Waals surface area (Å²) in [6.07, 6.45) is -4.38. The highest BCUT2D eigenvalue weighted by molar-refractivity contribution is 5.94. The van der Waals surface area contributed by atoms with Gasteiger partial charge in [-0.2, -0.15) is 18.7 Å². The summed E-state index contributed by atoms with van der Waals surface area (Å²) in [7, 11) is 0. The molecule has 1 aromatic carbocycles. The zero-order chi connectivity index (χ0) is 13.8. The number of carbonyl (C=O) groups excluding carboxylic acids is 2. The minimum Gasteiger partial charge on any atom is -0.341 e. The fraction of sp³-hybridized carbons (Fsp3) is 0.273. The maximum atomic E-state index is 12.3. The number of rotatable bonds is 2. The summed E-state index contributed by atoms with van der Waals surface area (Å²) >= 11 is 0. The zero-order valence-corrected chi connectivity index (χ0v) is 9.38. The van der Waals surface area contributed by atoms with E-state index in [9.17, 15) is 22.8 Å². The molecule has 0 atom stereocenters. The van der Waals surface area contributed by atoms with E-state index in [1.807, 2.05) is 5.48 Å². The molecule has 0 aliphatic carbocycles. The third kappa shape index (κ3) is 3.76. The van der Waals surface area contributed by atoms with Gasteiger partial charge >= 0.3 is 12.1 Å². The second kappa shape index (κ2) is 5.52. The Balaban J connectivity index is 2.68. The zero-order valence-electron chi connectivity index (χ0n) is 9.38. The molecular weight excluding hydrogens is 251 g/mol. The maximum absolute atomic E-state index is 12.3. The van der Waals surface area contributed by atoms with Crippen molar-refractivity contribution in [1.29, 1.82) is 0 Å². The van der Waals surface area contributed by atoms with Gasteiger partial charge in [0.2, 0.25) is 0 Å². The van der Waals surface area contributed by atoms with Gasteiger partial charge in [-0.25, -0.2) is 4.79 Å². The molecule has 4 nitrogen and oxygen atoms in total. The van der Waals surface area contributed by atoms with Crippen LogP contribution in [0.15, 0.2) is 24.3 Å². The van der Waals surface area contributed by atoms with Crippen LogP contribution in [-0.4, -0.2) is 11.9 Å². The molecule has 0 fully saturated rings. The minimum atomic E-state index is -4.45. The number of carbonyl (C=O) groups is 2. The summed E-state index contributed by atoms with van der Waals surface area (Å²) < 4.78 is 36.8. The predicted molar refractivity (Wildman–Crippen MR) is 55.3 cm³/mol. The third-order valence-electron chi connectivity index (χ3n) is 2.02. The van der Waals surface area contributed by atoms with Crippen molar-refractivity contribution in [3.05, 3.63) is 35.4 Å². The summed E-state index contributed by atoms with van der Waals surface area (Å²) in [6.45, 7) is 1.53. The smallest absolute Gasteiger partial charge is 0.341 e. The molecule has 0 aliphatic heterocycles. The van der Waals surface area contributed by atoms with Crippen LogP contribution in [0.5, 0.6) is 0 Å². The van der Waals surface area contributed by atoms with Gasteiger partial charge in [-0.3, -0.25) is 4.79 Å². The summed E-state index contributed by atoms with van der Waals surface area (Å²) in [5.74, 6) is -1.43. The molecule has 0 saturated carbocycles. The molecule has 7 heteroatoms. The van der Waals surface area contributed by atoms with Crippen LogP contribution < -0.4 is 5.48 Å². The van der Waals surface area contributed by atoms with Crippen molar-refractivity contribution < 1.29 is 27.6 Å². The Morgan fingerprint density at radius 1 is 1.22 bits per heavy atom. The number of amides is 1. The first kappa shape index (κ1) is 14.0. The van der Waals surface area contributed by atoms with Crippen molar-refractivity contribution in [1.82, 2.24) is 5.48 Å². The van der Waals surface area contributed by atoms with Crippen molar-refractivity contribution in [2.75, 3.05) is 0 Å². The van der Waals surface area contributed by atoms with Gasteiger partial charge in [0.05, 0.1) is 5.56 Å². The highest BCUT2D eigenvalue weighted by atomic mass is 19.4. The van der Waals surface area contributed by atoms with Gasteiger partial charge in [-0.1, -0.05) is 6.92 Å². The summed E-state index contributed by atoms with van der Waals surface area (Å²) in [5.41, 5.74) is 0.946. The molecule has 1 rings (SSSR count). The van der Waals surface area contributed by atoms with Crippen LogP contribution in [0.4, 0.5) is 13.2 Å². The Morgan fingerprint density at radius 3 is 2.22 bits per heavy atom. The lowest BCUT2D eigenvalue weighted by atomic mass is 10.1. The lowest BCUT2D eigenvalue weighted by Gasteiger charge is -2.07. The fourth-order valence-electron chi connectivity index (χ4n) is 1.04. The standard InChI is InChI=1S/C11H10F3NO3/c1-2-9(16)18-15-10(17)7-3-5-8(6-4-7)11(12,13)14/h3-6H,2H2,1H3,(H,15,17). The first-order valence-electron chi connectivity index (χ1n) is 5.02. The average Bonchev–Trinajstić information content (AvgIpc) is 2.34. The summed E-state index contributed by atoms with van der Waals surface area (Å²) in [6, 6.07) is 3.54. The molecule has 98 valence electrons. The van der Waals surface area contributed by atoms with E-state index in [0.29, 0.717) is 0 Å². The van der Waals surface area contributed by atoms with Crippen LogP contribution in [-0.2, 0) is 15.8 Å². The molecule has 0 spiro atoms. The van der Waals surface area contributed by atoms with E-state index >= 15 is 0 Å². The van der Waals surface area contributed by atoms with E-state index in [-0.39, 0.29) is 12.0 Å². The van der Waals surface area contributed by atoms with Crippen LogP contribution in [0.25, 0.3) is 0 Å². The van der Waals surface area contributed by atoms with E-state index in [2.05, 4.69) is 4.84 Å². The van der Waals surface area contributed by atoms with Gasteiger partial charge in [0.25, 0.3) is 5.91 Å². The Kier molecular flexibility index (Phi) is 4.30. The highest BCUT2D eigenvalue weighted by Gasteiger charge is 2.30. The van der Waals surface area contributed by atoms with Gasteiger partial charge in [0.1, 0.15) is 0 Å². The minimum absolute atomic E-state index is 0.0353. The molecule has 0 aromatic heterocycles. The van der Waals surface area contributed by atoms with E-state index in [0.717, 1.165) is 24.3 Å². The maximum Gasteiger partial charge on any atom is 0.416 e. The molecule has 0 saturated heterocycles. The second-order valence-electron chi connectivity index (χ2n) is 3.33. The first-order chi connectivity index (χ1) is 8.34. The summed E-state index contributed by atoms with van der Waals surface area (Å²) in [5, 5.41) is 0. The van der Waals surface area contributed by atoms with Gasteiger partial charge in [0.15, 0.2) is 0 Å². The number of hydrogen-bond acceptors (Lipinski definition) is 3. The number of alkyl halides is 3. The largest absolute Gasteiger partial charge is 0.416 e. The summed E-state index contributed by atoms with van der Waals surface area (Å²) in [4.78, 5) is 26.4. The quantitative estimate of drug-likeness (QED) is 0.831. The van der Waals surface area contributed by atoms with Gasteiger partial charge in [-0.05, 0) is 24.3 Å². The van der Waals surface area contributed by atoms with Crippen LogP contribution in [0, 0.1) is 0 Å². The fourth-order valence-corrected chi connectivity index (χ4v) is 1.04. The molecule has 0 radical (unpaired) electrons. The molecule has 0 unspecified atom stereocenters. The van der Waals surface area contributed by atoms with Crippen molar-refractivity contribution in [2.45, 2.75) is 19.5 Å². The molecule has 1 aromatic rings. The Morgan fingerprint density at radius 2 is 1.78 bits per heavy atom. The third-order valence-corrected chi connectivity index (χ3v) is 2.02. The van der Waals surface area contributed by atoms with Crippen LogP contribution in [0.3, 0.4) is 0 Å². The molecule has 1 amide bonds. The monoisotopic (exact) mass is 261 g/mol. The van der Waals surface area contributed by atoms with Gasteiger partial charge < -0.3 is 4.84 Å². The van der Waals surface area contributed by atoms with Gasteiger partial charge in [-0.15, -0.1) is 0 Å².